The SMILES string of the molecule is CCOC(CC)(CC)c1nc(N)c(I)c(CC(C)C)n1. The van der Waals surface area contributed by atoms with E-state index in [0.717, 1.165) is 34.4 Å². The van der Waals surface area contributed by atoms with Crippen LogP contribution < -0.4 is 5.73 Å². The van der Waals surface area contributed by atoms with E-state index in [2.05, 4.69) is 55.3 Å². The van der Waals surface area contributed by atoms with Gasteiger partial charge in [-0.25, -0.2) is 9.97 Å². The lowest BCUT2D eigenvalue weighted by molar-refractivity contribution is -0.0572. The van der Waals surface area contributed by atoms with Crippen molar-refractivity contribution < 1.29 is 4.74 Å². The van der Waals surface area contributed by atoms with E-state index in [1.807, 2.05) is 6.92 Å². The molecule has 5 heteroatoms. The molecule has 0 aromatic carbocycles. The third kappa shape index (κ3) is 3.81. The van der Waals surface area contributed by atoms with Crippen molar-refractivity contribution >= 4 is 28.4 Å². The molecule has 1 heterocycles. The van der Waals surface area contributed by atoms with Crippen molar-refractivity contribution in [3.8, 4) is 0 Å². The molecule has 0 aliphatic rings. The second kappa shape index (κ2) is 7.54. The Labute approximate surface area is 136 Å². The monoisotopic (exact) mass is 391 g/mol. The van der Waals surface area contributed by atoms with Crippen LogP contribution in [0.15, 0.2) is 0 Å². The molecule has 1 rings (SSSR count). The van der Waals surface area contributed by atoms with E-state index >= 15 is 0 Å². The summed E-state index contributed by atoms with van der Waals surface area (Å²) < 4.78 is 6.96. The summed E-state index contributed by atoms with van der Waals surface area (Å²) in [6.07, 6.45) is 2.60. The number of anilines is 1. The number of hydrogen-bond donors (Lipinski definition) is 1. The van der Waals surface area contributed by atoms with Crippen LogP contribution in [0.2, 0.25) is 0 Å². The predicted octanol–water partition coefficient (Wildman–Crippen LogP) is 3.91. The van der Waals surface area contributed by atoms with E-state index in [1.165, 1.54) is 0 Å². The first kappa shape index (κ1) is 17.6. The first-order chi connectivity index (χ1) is 9.40. The minimum atomic E-state index is -0.418. The van der Waals surface area contributed by atoms with Gasteiger partial charge < -0.3 is 10.5 Å². The molecule has 20 heavy (non-hydrogen) atoms. The molecule has 4 nitrogen and oxygen atoms in total. The van der Waals surface area contributed by atoms with Gasteiger partial charge in [0.25, 0.3) is 0 Å². The number of ether oxygens (including phenoxy) is 1. The Bertz CT molecular complexity index is 445. The molecule has 0 unspecified atom stereocenters. The van der Waals surface area contributed by atoms with Crippen molar-refractivity contribution in [2.24, 2.45) is 5.92 Å². The molecule has 0 aliphatic heterocycles. The van der Waals surface area contributed by atoms with Crippen molar-refractivity contribution in [3.63, 3.8) is 0 Å². The number of rotatable bonds is 7. The number of nitrogen functional groups attached to an aromatic ring is 1. The van der Waals surface area contributed by atoms with Gasteiger partial charge in [-0.05, 0) is 54.7 Å². The Kier molecular flexibility index (Phi) is 6.64. The van der Waals surface area contributed by atoms with Crippen LogP contribution in [0.1, 0.15) is 59.0 Å². The molecule has 1 aromatic heterocycles. The Hall–Kier alpha value is -0.430. The minimum Gasteiger partial charge on any atom is -0.383 e. The van der Waals surface area contributed by atoms with Gasteiger partial charge in [-0.2, -0.15) is 0 Å². The standard InChI is InChI=1S/C15H26IN3O/c1-6-15(7-2,20-8-3)14-18-11(9-10(4)5)12(16)13(17)19-14/h10H,6-9H2,1-5H3,(H2,17,18,19). The van der Waals surface area contributed by atoms with E-state index in [-0.39, 0.29) is 0 Å². The summed E-state index contributed by atoms with van der Waals surface area (Å²) >= 11 is 2.24. The zero-order valence-electron chi connectivity index (χ0n) is 13.2. The predicted molar refractivity (Wildman–Crippen MR) is 91.6 cm³/mol. The summed E-state index contributed by atoms with van der Waals surface area (Å²) in [6.45, 7) is 11.2. The second-order valence-corrected chi connectivity index (χ2v) is 6.50. The summed E-state index contributed by atoms with van der Waals surface area (Å²) in [5, 5.41) is 0. The lowest BCUT2D eigenvalue weighted by Crippen LogP contribution is -2.32. The second-order valence-electron chi connectivity index (χ2n) is 5.43. The zero-order chi connectivity index (χ0) is 15.3. The van der Waals surface area contributed by atoms with Crippen LogP contribution in [0, 0.1) is 9.49 Å². The van der Waals surface area contributed by atoms with E-state index in [4.69, 9.17) is 15.5 Å². The molecule has 0 radical (unpaired) electrons. The highest BCUT2D eigenvalue weighted by Crippen LogP contribution is 2.32. The molecule has 0 bridgehead atoms. The van der Waals surface area contributed by atoms with Gasteiger partial charge in [0.15, 0.2) is 5.82 Å². The molecule has 114 valence electrons. The van der Waals surface area contributed by atoms with Crippen LogP contribution in [0.5, 0.6) is 0 Å². The first-order valence-corrected chi connectivity index (χ1v) is 8.44. The number of nitrogens with zero attached hydrogens (tertiary/aromatic N) is 2. The number of aromatic nitrogens is 2. The van der Waals surface area contributed by atoms with Gasteiger partial charge in [0, 0.05) is 6.61 Å². The molecule has 0 atom stereocenters. The highest BCUT2D eigenvalue weighted by Gasteiger charge is 2.33. The van der Waals surface area contributed by atoms with Gasteiger partial charge in [0.05, 0.1) is 9.26 Å². The van der Waals surface area contributed by atoms with Gasteiger partial charge >= 0.3 is 0 Å². The molecule has 1 aromatic rings. The molecular formula is C15H26IN3O. The summed E-state index contributed by atoms with van der Waals surface area (Å²) in [6, 6.07) is 0. The van der Waals surface area contributed by atoms with Gasteiger partial charge in [0.2, 0.25) is 0 Å². The minimum absolute atomic E-state index is 0.418. The summed E-state index contributed by atoms with van der Waals surface area (Å²) in [4.78, 5) is 9.29. The van der Waals surface area contributed by atoms with Crippen molar-refractivity contribution in [2.45, 2.75) is 59.5 Å². The van der Waals surface area contributed by atoms with Crippen LogP contribution in [-0.2, 0) is 16.8 Å². The molecule has 0 saturated heterocycles. The number of nitrogens with two attached hydrogens (primary N) is 1. The fourth-order valence-corrected chi connectivity index (χ4v) is 2.81. The average Bonchev–Trinajstić information content (AvgIpc) is 2.40. The topological polar surface area (TPSA) is 61.0 Å². The first-order valence-electron chi connectivity index (χ1n) is 7.36. The van der Waals surface area contributed by atoms with Gasteiger partial charge in [0.1, 0.15) is 11.4 Å². The molecule has 0 saturated carbocycles. The third-order valence-electron chi connectivity index (χ3n) is 3.52. The maximum Gasteiger partial charge on any atom is 0.162 e. The van der Waals surface area contributed by atoms with Gasteiger partial charge in [-0.1, -0.05) is 27.7 Å². The lowest BCUT2D eigenvalue weighted by Gasteiger charge is -2.30. The van der Waals surface area contributed by atoms with E-state index in [1.54, 1.807) is 0 Å². The third-order valence-corrected chi connectivity index (χ3v) is 4.69. The van der Waals surface area contributed by atoms with Crippen molar-refractivity contribution in [2.75, 3.05) is 12.3 Å². The Morgan fingerprint density at radius 2 is 1.80 bits per heavy atom. The normalized spacial score (nSPS) is 12.2. The fourth-order valence-electron chi connectivity index (χ4n) is 2.35. The van der Waals surface area contributed by atoms with E-state index in [9.17, 15) is 0 Å². The summed E-state index contributed by atoms with van der Waals surface area (Å²) in [7, 11) is 0. The number of halogens is 1. The highest BCUT2D eigenvalue weighted by atomic mass is 127. The van der Waals surface area contributed by atoms with Gasteiger partial charge in [-0.3, -0.25) is 0 Å². The average molecular weight is 391 g/mol. The van der Waals surface area contributed by atoms with Crippen molar-refractivity contribution in [1.82, 2.24) is 9.97 Å². The largest absolute Gasteiger partial charge is 0.383 e. The van der Waals surface area contributed by atoms with Crippen LogP contribution in [0.3, 0.4) is 0 Å². The summed E-state index contributed by atoms with van der Waals surface area (Å²) in [5.41, 5.74) is 6.70. The van der Waals surface area contributed by atoms with Crippen molar-refractivity contribution in [3.05, 3.63) is 15.1 Å². The van der Waals surface area contributed by atoms with Crippen LogP contribution in [0.4, 0.5) is 5.82 Å². The van der Waals surface area contributed by atoms with E-state index < -0.39 is 5.60 Å². The van der Waals surface area contributed by atoms with E-state index in [0.29, 0.717) is 18.3 Å². The van der Waals surface area contributed by atoms with Gasteiger partial charge in [-0.15, -0.1) is 0 Å². The molecule has 0 fully saturated rings. The van der Waals surface area contributed by atoms with Crippen molar-refractivity contribution in [1.29, 1.82) is 0 Å². The summed E-state index contributed by atoms with van der Waals surface area (Å²) in [5.74, 6) is 1.84. The lowest BCUT2D eigenvalue weighted by atomic mass is 9.95. The van der Waals surface area contributed by atoms with Crippen LogP contribution in [-0.4, -0.2) is 16.6 Å². The molecular weight excluding hydrogens is 365 g/mol. The Morgan fingerprint density at radius 1 is 1.20 bits per heavy atom. The smallest absolute Gasteiger partial charge is 0.162 e. The van der Waals surface area contributed by atoms with Crippen LogP contribution >= 0.6 is 22.6 Å². The van der Waals surface area contributed by atoms with Crippen LogP contribution in [0.25, 0.3) is 0 Å². The zero-order valence-corrected chi connectivity index (χ0v) is 15.3. The molecule has 0 amide bonds. The Morgan fingerprint density at radius 3 is 2.25 bits per heavy atom. The number of hydrogen-bond acceptors (Lipinski definition) is 4. The molecule has 0 aliphatic carbocycles. The molecule has 0 spiro atoms. The fraction of sp³-hybridized carbons (Fsp3) is 0.733. The quantitative estimate of drug-likeness (QED) is 0.716. The highest BCUT2D eigenvalue weighted by molar-refractivity contribution is 14.1. The Balaban J connectivity index is 3.32. The molecule has 2 N–H and O–H groups in total. The maximum absolute atomic E-state index is 6.09. The maximum atomic E-state index is 6.09.